The van der Waals surface area contributed by atoms with Crippen molar-refractivity contribution in [3.8, 4) is 11.4 Å². The summed E-state index contributed by atoms with van der Waals surface area (Å²) in [4.78, 5) is 36.2. The molecule has 2 fully saturated rings. The highest BCUT2D eigenvalue weighted by Gasteiger charge is 2.26. The Kier molecular flexibility index (Phi) is 5.81. The molecule has 29 heavy (non-hydrogen) atoms. The minimum Gasteiger partial charge on any atom is -0.342 e. The summed E-state index contributed by atoms with van der Waals surface area (Å²) in [7, 11) is 0. The van der Waals surface area contributed by atoms with E-state index in [0.717, 1.165) is 69.7 Å². The molecule has 0 bridgehead atoms. The maximum Gasteiger partial charge on any atom is 0.254 e. The third-order valence-corrected chi connectivity index (χ3v) is 6.42. The van der Waals surface area contributed by atoms with Crippen molar-refractivity contribution >= 4 is 5.91 Å². The second kappa shape index (κ2) is 8.49. The Morgan fingerprint density at radius 1 is 1.10 bits per heavy atom. The molecule has 6 heteroatoms. The van der Waals surface area contributed by atoms with Crippen molar-refractivity contribution in [2.75, 3.05) is 26.2 Å². The first-order valence-corrected chi connectivity index (χ1v) is 10.7. The summed E-state index contributed by atoms with van der Waals surface area (Å²) in [6.45, 7) is 8.48. The molecule has 1 amide bonds. The van der Waals surface area contributed by atoms with Gasteiger partial charge in [-0.2, -0.15) is 0 Å². The SMILES string of the molecule is Cc1nc(-c2ccccc2CN2CCC(CN3CCCC3=O)CC2)[nH]c(=O)c1C. The Morgan fingerprint density at radius 2 is 1.86 bits per heavy atom. The highest BCUT2D eigenvalue weighted by Crippen LogP contribution is 2.25. The topological polar surface area (TPSA) is 69.3 Å². The number of aryl methyl sites for hydroxylation is 1. The lowest BCUT2D eigenvalue weighted by Gasteiger charge is -2.34. The summed E-state index contributed by atoms with van der Waals surface area (Å²) in [5.74, 6) is 1.59. The van der Waals surface area contributed by atoms with E-state index in [1.54, 1.807) is 6.92 Å². The van der Waals surface area contributed by atoms with Crippen LogP contribution in [-0.2, 0) is 11.3 Å². The lowest BCUT2D eigenvalue weighted by molar-refractivity contribution is -0.128. The first-order chi connectivity index (χ1) is 14.0. The van der Waals surface area contributed by atoms with E-state index in [4.69, 9.17) is 0 Å². The Balaban J connectivity index is 1.42. The van der Waals surface area contributed by atoms with Crippen LogP contribution < -0.4 is 5.56 Å². The Hall–Kier alpha value is -2.47. The first kappa shape index (κ1) is 19.8. The number of aromatic nitrogens is 2. The zero-order chi connectivity index (χ0) is 20.4. The molecule has 2 aromatic rings. The number of H-pyrrole nitrogens is 1. The van der Waals surface area contributed by atoms with Gasteiger partial charge in [0.15, 0.2) is 0 Å². The van der Waals surface area contributed by atoms with Crippen molar-refractivity contribution < 1.29 is 4.79 Å². The molecule has 0 radical (unpaired) electrons. The van der Waals surface area contributed by atoms with Crippen molar-refractivity contribution in [1.29, 1.82) is 0 Å². The van der Waals surface area contributed by atoms with Crippen LogP contribution in [0.15, 0.2) is 29.1 Å². The van der Waals surface area contributed by atoms with Gasteiger partial charge in [0.05, 0.1) is 0 Å². The van der Waals surface area contributed by atoms with E-state index in [2.05, 4.69) is 25.8 Å². The molecular weight excluding hydrogens is 364 g/mol. The standard InChI is InChI=1S/C23H30N4O2/c1-16-17(2)24-22(25-23(16)29)20-7-4-3-6-19(20)15-26-12-9-18(10-13-26)14-27-11-5-8-21(27)28/h3-4,6-7,18H,5,8-15H2,1-2H3,(H,24,25,29). The fraction of sp³-hybridized carbons (Fsp3) is 0.522. The van der Waals surface area contributed by atoms with Gasteiger partial charge in [0.2, 0.25) is 5.91 Å². The van der Waals surface area contributed by atoms with Crippen LogP contribution in [-0.4, -0.2) is 51.9 Å². The van der Waals surface area contributed by atoms with Crippen molar-refractivity contribution in [2.45, 2.75) is 46.1 Å². The van der Waals surface area contributed by atoms with Gasteiger partial charge in [-0.3, -0.25) is 14.5 Å². The van der Waals surface area contributed by atoms with Crippen LogP contribution in [0, 0.1) is 19.8 Å². The Morgan fingerprint density at radius 3 is 2.55 bits per heavy atom. The number of nitrogens with zero attached hydrogens (tertiary/aromatic N) is 3. The van der Waals surface area contributed by atoms with E-state index in [0.29, 0.717) is 23.2 Å². The number of likely N-dealkylation sites (tertiary alicyclic amines) is 2. The van der Waals surface area contributed by atoms with Crippen molar-refractivity contribution in [3.05, 3.63) is 51.4 Å². The van der Waals surface area contributed by atoms with Crippen LogP contribution in [0.2, 0.25) is 0 Å². The molecule has 0 atom stereocenters. The van der Waals surface area contributed by atoms with E-state index < -0.39 is 0 Å². The van der Waals surface area contributed by atoms with Crippen LogP contribution in [0.3, 0.4) is 0 Å². The molecule has 6 nitrogen and oxygen atoms in total. The third-order valence-electron chi connectivity index (χ3n) is 6.42. The molecule has 0 unspecified atom stereocenters. The maximum atomic E-state index is 12.2. The average Bonchev–Trinajstić information content (AvgIpc) is 3.12. The molecule has 4 rings (SSSR count). The van der Waals surface area contributed by atoms with E-state index in [9.17, 15) is 9.59 Å². The summed E-state index contributed by atoms with van der Waals surface area (Å²) < 4.78 is 0. The lowest BCUT2D eigenvalue weighted by atomic mass is 9.95. The van der Waals surface area contributed by atoms with E-state index in [1.807, 2.05) is 25.1 Å². The van der Waals surface area contributed by atoms with E-state index >= 15 is 0 Å². The number of piperidine rings is 1. The van der Waals surface area contributed by atoms with Crippen LogP contribution in [0.1, 0.15) is 42.5 Å². The van der Waals surface area contributed by atoms with Gasteiger partial charge in [-0.25, -0.2) is 4.98 Å². The molecule has 1 aromatic carbocycles. The third kappa shape index (κ3) is 4.42. The maximum absolute atomic E-state index is 12.2. The Bertz CT molecular complexity index is 944. The minimum atomic E-state index is -0.0698. The number of aromatic amines is 1. The van der Waals surface area contributed by atoms with Gasteiger partial charge < -0.3 is 9.88 Å². The molecule has 1 N–H and O–H groups in total. The van der Waals surface area contributed by atoms with Gasteiger partial charge in [-0.05, 0) is 57.7 Å². The molecule has 0 aliphatic carbocycles. The van der Waals surface area contributed by atoms with Crippen LogP contribution in [0.25, 0.3) is 11.4 Å². The highest BCUT2D eigenvalue weighted by atomic mass is 16.2. The summed E-state index contributed by atoms with van der Waals surface area (Å²) in [6.07, 6.45) is 4.00. The van der Waals surface area contributed by atoms with Crippen molar-refractivity contribution in [2.24, 2.45) is 5.92 Å². The quantitative estimate of drug-likeness (QED) is 0.847. The number of hydrogen-bond donors (Lipinski definition) is 1. The number of carbonyl (C=O) groups is 1. The number of rotatable bonds is 5. The van der Waals surface area contributed by atoms with Gasteiger partial charge in [0.25, 0.3) is 5.56 Å². The number of benzene rings is 1. The number of carbonyl (C=O) groups excluding carboxylic acids is 1. The molecular formula is C23H30N4O2. The molecule has 0 saturated carbocycles. The van der Waals surface area contributed by atoms with Gasteiger partial charge in [0.1, 0.15) is 5.82 Å². The first-order valence-electron chi connectivity index (χ1n) is 10.7. The monoisotopic (exact) mass is 394 g/mol. The molecule has 2 aliphatic heterocycles. The van der Waals surface area contributed by atoms with E-state index in [-0.39, 0.29) is 5.56 Å². The molecule has 0 spiro atoms. The minimum absolute atomic E-state index is 0.0698. The largest absolute Gasteiger partial charge is 0.342 e. The molecule has 2 aliphatic rings. The van der Waals surface area contributed by atoms with Crippen LogP contribution >= 0.6 is 0 Å². The summed E-state index contributed by atoms with van der Waals surface area (Å²) >= 11 is 0. The second-order valence-corrected chi connectivity index (χ2v) is 8.44. The van der Waals surface area contributed by atoms with Crippen molar-refractivity contribution in [1.82, 2.24) is 19.8 Å². The predicted octanol–water partition coefficient (Wildman–Crippen LogP) is 2.89. The fourth-order valence-electron chi connectivity index (χ4n) is 4.44. The van der Waals surface area contributed by atoms with Crippen LogP contribution in [0.5, 0.6) is 0 Å². The molecule has 1 aromatic heterocycles. The summed E-state index contributed by atoms with van der Waals surface area (Å²) in [5, 5.41) is 0. The van der Waals surface area contributed by atoms with Crippen LogP contribution in [0.4, 0.5) is 0 Å². The number of hydrogen-bond acceptors (Lipinski definition) is 4. The molecule has 2 saturated heterocycles. The molecule has 154 valence electrons. The van der Waals surface area contributed by atoms with Gasteiger partial charge in [-0.15, -0.1) is 0 Å². The zero-order valence-electron chi connectivity index (χ0n) is 17.4. The molecule has 3 heterocycles. The number of nitrogens with one attached hydrogen (secondary N) is 1. The van der Waals surface area contributed by atoms with Gasteiger partial charge in [0, 0.05) is 42.9 Å². The fourth-order valence-corrected chi connectivity index (χ4v) is 4.44. The predicted molar refractivity (Wildman–Crippen MR) is 114 cm³/mol. The zero-order valence-corrected chi connectivity index (χ0v) is 17.4. The summed E-state index contributed by atoms with van der Waals surface area (Å²) in [5.41, 5.74) is 3.56. The van der Waals surface area contributed by atoms with Gasteiger partial charge >= 0.3 is 0 Å². The van der Waals surface area contributed by atoms with E-state index in [1.165, 1.54) is 5.56 Å². The highest BCUT2D eigenvalue weighted by molar-refractivity contribution is 5.78. The second-order valence-electron chi connectivity index (χ2n) is 8.44. The van der Waals surface area contributed by atoms with Gasteiger partial charge in [-0.1, -0.05) is 24.3 Å². The number of amides is 1. The lowest BCUT2D eigenvalue weighted by Crippen LogP contribution is -2.38. The smallest absolute Gasteiger partial charge is 0.254 e. The van der Waals surface area contributed by atoms with Crippen molar-refractivity contribution in [3.63, 3.8) is 0 Å². The average molecular weight is 395 g/mol. The summed E-state index contributed by atoms with van der Waals surface area (Å²) in [6, 6.07) is 8.20. The Labute approximate surface area is 172 Å². The normalized spacial score (nSPS) is 18.6.